The number of hydrogen-bond acceptors (Lipinski definition) is 27. The van der Waals surface area contributed by atoms with Crippen molar-refractivity contribution in [3.8, 4) is 0 Å². The van der Waals surface area contributed by atoms with Crippen LogP contribution in [0.25, 0.3) is 0 Å². The van der Waals surface area contributed by atoms with Gasteiger partial charge in [-0.2, -0.15) is 0 Å². The standard InChI is InChI=1S/C23H29BrO7.2C23H30O7.C21H28O6/c1-12(25)31-11-19(29)23(30)17(27)9-16-15-5-4-13-8-14(26)6-7-20(13,2)22(15,24)18(28)10-21(16,23)3;2*1-12(24)30-11-19(28)23(29)18(27)9-16-15-5-4-13-8-14(25)6-7-21(13,2)20(15)17(26)10-22(16,23)3;1-19-6-5-12(23)7-11(19)3-4-13-14-8-16(25)21(27,17(26)10-22)20(14,2)9-15(24)18(13)19/h6-8,15-18,27-28,30H,4-5,9-11H2,1-3H3;2*6-8,15-18,20,26-27,29H,4-5,9-11H2,1-3H3;5-7,13-16,18,22,24-25,27H,3-4,8-10H2,1-2H3/t15-,16-,17+,18-,20-,21-,22-,23-;2*15-,16-,17-,18+,20+,21-,22-,23-;13-,14-,15-,16+,18+,19-,20-,21-/m0000/s1. The average molecular weight is 1710 g/mol. The van der Waals surface area contributed by atoms with Gasteiger partial charge in [0, 0.05) is 81.8 Å². The Kier molecular flexibility index (Phi) is 23.2. The highest BCUT2D eigenvalue weighted by Crippen LogP contribution is 2.74. The molecule has 27 nitrogen and oxygen atoms in total. The highest BCUT2D eigenvalue weighted by Gasteiger charge is 2.78. The average Bonchev–Trinajstić information content (AvgIpc) is 1.38. The summed E-state index contributed by atoms with van der Waals surface area (Å²) in [5.41, 5.74) is -10.5. The molecule has 0 aromatic carbocycles. The number of alkyl halides is 1. The molecule has 0 aliphatic heterocycles. The Labute approximate surface area is 694 Å². The smallest absolute Gasteiger partial charge is 0.303 e. The molecule has 0 bridgehead atoms. The lowest BCUT2D eigenvalue weighted by molar-refractivity contribution is -0.192. The molecule has 0 unspecified atom stereocenters. The largest absolute Gasteiger partial charge is 0.458 e. The predicted molar refractivity (Wildman–Crippen MR) is 423 cm³/mol. The number of carbonyl (C=O) groups is 11. The number of esters is 3. The molecule has 16 aliphatic rings. The number of hydrogen-bond donors (Lipinski definition) is 13. The Bertz CT molecular complexity index is 4350. The fraction of sp³-hybridized carbons (Fsp3) is 0.700. The minimum atomic E-state index is -2.13. The van der Waals surface area contributed by atoms with E-state index in [0.29, 0.717) is 38.5 Å². The lowest BCUT2D eigenvalue weighted by Crippen LogP contribution is -2.69. The number of halogens is 1. The highest BCUT2D eigenvalue weighted by atomic mass is 79.9. The molecule has 0 amide bonds. The number of ether oxygens (including phenoxy) is 3. The first-order valence-corrected chi connectivity index (χ1v) is 42.5. The van der Waals surface area contributed by atoms with E-state index in [4.69, 9.17) is 14.2 Å². The lowest BCUT2D eigenvalue weighted by Gasteiger charge is -2.64. The number of allylic oxidation sites excluding steroid dienone is 16. The quantitative estimate of drug-likeness (QED) is 0.0777. The van der Waals surface area contributed by atoms with Gasteiger partial charge in [0.25, 0.3) is 0 Å². The van der Waals surface area contributed by atoms with Crippen LogP contribution in [-0.4, -0.2) is 233 Å². The lowest BCUT2D eigenvalue weighted by atomic mass is 9.46. The summed E-state index contributed by atoms with van der Waals surface area (Å²) in [6.07, 6.45) is 18.8. The maximum absolute atomic E-state index is 13.0. The van der Waals surface area contributed by atoms with Crippen LogP contribution in [0.5, 0.6) is 0 Å². The Morgan fingerprint density at radius 3 is 0.949 bits per heavy atom. The fourth-order valence-electron chi connectivity index (χ4n) is 28.2. The third kappa shape index (κ3) is 12.8. The van der Waals surface area contributed by atoms with Crippen LogP contribution >= 0.6 is 15.9 Å². The molecule has 0 spiro atoms. The van der Waals surface area contributed by atoms with Crippen molar-refractivity contribution in [2.45, 2.75) is 254 Å². The number of fused-ring (bicyclic) bond motifs is 20. The zero-order valence-corrected chi connectivity index (χ0v) is 70.5. The molecule has 16 rings (SSSR count). The van der Waals surface area contributed by atoms with E-state index in [1.54, 1.807) is 70.2 Å². The number of Topliss-reactive ketones (excluding diaryl/α,β-unsaturated/α-hetero) is 4. The van der Waals surface area contributed by atoms with Crippen LogP contribution in [0.4, 0.5) is 0 Å². The van der Waals surface area contributed by atoms with E-state index < -0.39 is 186 Å². The van der Waals surface area contributed by atoms with Crippen molar-refractivity contribution in [2.24, 2.45) is 108 Å². The first-order chi connectivity index (χ1) is 54.8. The van der Waals surface area contributed by atoms with Gasteiger partial charge in [-0.15, -0.1) is 0 Å². The Balaban J connectivity index is 0.000000137. The Morgan fingerprint density at radius 2 is 0.644 bits per heavy atom. The van der Waals surface area contributed by atoms with Gasteiger partial charge in [-0.3, -0.25) is 52.7 Å². The van der Waals surface area contributed by atoms with Crippen LogP contribution in [0.1, 0.15) is 179 Å². The maximum atomic E-state index is 13.0. The van der Waals surface area contributed by atoms with E-state index in [1.165, 1.54) is 26.8 Å². The van der Waals surface area contributed by atoms with Gasteiger partial charge in [0.15, 0.2) is 71.1 Å². The zero-order chi connectivity index (χ0) is 86.9. The summed E-state index contributed by atoms with van der Waals surface area (Å²) in [6.45, 7) is 16.0. The van der Waals surface area contributed by atoms with E-state index in [-0.39, 0.29) is 140 Å². The molecule has 16 aliphatic carbocycles. The van der Waals surface area contributed by atoms with E-state index >= 15 is 0 Å². The highest BCUT2D eigenvalue weighted by molar-refractivity contribution is 9.10. The molecule has 28 heteroatoms. The van der Waals surface area contributed by atoms with Crippen molar-refractivity contribution in [1.82, 2.24) is 0 Å². The predicted octanol–water partition coefficient (Wildman–Crippen LogP) is 4.34. The molecule has 12 fully saturated rings. The van der Waals surface area contributed by atoms with Gasteiger partial charge in [-0.05, 0) is 199 Å². The van der Waals surface area contributed by atoms with Crippen molar-refractivity contribution in [1.29, 1.82) is 0 Å². The van der Waals surface area contributed by atoms with Crippen LogP contribution in [0, 0.1) is 108 Å². The number of carbonyl (C=O) groups excluding carboxylic acids is 11. The summed E-state index contributed by atoms with van der Waals surface area (Å²) in [7, 11) is 0. The van der Waals surface area contributed by atoms with E-state index in [9.17, 15) is 119 Å². The van der Waals surface area contributed by atoms with E-state index in [0.717, 1.165) is 35.1 Å². The van der Waals surface area contributed by atoms with Gasteiger partial charge in [0.05, 0.1) is 53.2 Å². The summed E-state index contributed by atoms with van der Waals surface area (Å²) >= 11 is 3.89. The minimum absolute atomic E-state index is 0.00826. The SMILES string of the molecule is CC(=O)OCC(=O)[C@@]1(O)[C@H](O)C[C@H]2[C@@H]3CCC4=CC(=O)C=C[C@]4(C)[C@@]3(Br)[C@@H](O)C[C@@]21C.CC(=O)OCC(=O)[C@@]1(O)[C@H](O)C[C@H]2[C@@H]3CCC4=CC(=O)C=C[C@]4(C)[C@H]3[C@@H](O)C[C@@]21C.CC(=O)OCC(=O)[C@@]1(O)[C@H](O)C[C@H]2[C@@H]3CCC4=CC(=O)C=C[C@]4(C)[C@H]3[C@@H](O)C[C@@]21C.C[C@]12C=CC(=O)C=C1CC[C@@H]1[C@@H]2[C@@H](O)C[C@@]2(C)[C@H]1C[C@@H](O)[C@]2(O)C(=O)CO. The molecule has 0 aromatic rings. The van der Waals surface area contributed by atoms with Crippen molar-refractivity contribution >= 4 is 80.1 Å². The Hall–Kier alpha value is -6.35. The van der Waals surface area contributed by atoms with Crippen molar-refractivity contribution in [2.75, 3.05) is 26.4 Å². The van der Waals surface area contributed by atoms with Crippen molar-refractivity contribution in [3.05, 3.63) is 95.2 Å². The third-order valence-corrected chi connectivity index (χ3v) is 36.0. The van der Waals surface area contributed by atoms with Crippen LogP contribution < -0.4 is 0 Å². The maximum Gasteiger partial charge on any atom is 0.303 e. The van der Waals surface area contributed by atoms with Crippen LogP contribution in [0.15, 0.2) is 95.2 Å². The summed E-state index contributed by atoms with van der Waals surface area (Å²) in [5, 5.41) is 143. The second-order valence-electron chi connectivity index (χ2n) is 39.2. The minimum Gasteiger partial charge on any atom is -0.458 e. The van der Waals surface area contributed by atoms with Crippen molar-refractivity contribution in [3.63, 3.8) is 0 Å². The van der Waals surface area contributed by atoms with Gasteiger partial charge in [0.2, 0.25) is 17.3 Å². The molecule has 13 N–H and O–H groups in total. The molecule has 0 aromatic heterocycles. The number of aliphatic hydroxyl groups excluding tert-OH is 9. The zero-order valence-electron chi connectivity index (χ0n) is 68.9. The van der Waals surface area contributed by atoms with Gasteiger partial charge in [-0.1, -0.05) is 118 Å². The van der Waals surface area contributed by atoms with Crippen LogP contribution in [0.3, 0.4) is 0 Å². The summed E-state index contributed by atoms with van der Waals surface area (Å²) in [4.78, 5) is 132. The second kappa shape index (κ2) is 30.6. The molecule has 0 saturated heterocycles. The molecule has 12 saturated carbocycles. The molecule has 646 valence electrons. The first-order valence-electron chi connectivity index (χ1n) is 41.8. The monoisotopic (exact) mass is 1710 g/mol. The van der Waals surface area contributed by atoms with Gasteiger partial charge < -0.3 is 80.6 Å². The molecular weight excluding hydrogens is 1590 g/mol. The normalized spacial score (nSPS) is 48.4. The topological polar surface area (TPSA) is 478 Å². The molecule has 0 radical (unpaired) electrons. The number of rotatable bonds is 11. The van der Waals surface area contributed by atoms with E-state index in [1.807, 2.05) is 52.0 Å². The van der Waals surface area contributed by atoms with E-state index in [2.05, 4.69) is 15.9 Å². The summed E-state index contributed by atoms with van der Waals surface area (Å²) in [6, 6.07) is 0. The van der Waals surface area contributed by atoms with Crippen molar-refractivity contribution < 1.29 is 133 Å². The van der Waals surface area contributed by atoms with Crippen LogP contribution in [-0.2, 0) is 67.0 Å². The number of aliphatic hydroxyl groups is 13. The Morgan fingerprint density at radius 1 is 0.373 bits per heavy atom. The molecule has 0 heterocycles. The summed E-state index contributed by atoms with van der Waals surface area (Å²) < 4.78 is 13.6. The van der Waals surface area contributed by atoms with Gasteiger partial charge in [0.1, 0.15) is 6.61 Å². The first kappa shape index (κ1) is 89.4. The van der Waals surface area contributed by atoms with Gasteiger partial charge in [-0.25, -0.2) is 0 Å². The number of ketones is 8. The summed E-state index contributed by atoms with van der Waals surface area (Å²) in [5.74, 6) is -6.55. The molecule has 118 heavy (non-hydrogen) atoms. The van der Waals surface area contributed by atoms with Gasteiger partial charge >= 0.3 is 17.9 Å². The molecule has 32 atom stereocenters. The molecular formula is C90H117BrO27. The van der Waals surface area contributed by atoms with Crippen LogP contribution in [0.2, 0.25) is 0 Å². The fourth-order valence-corrected chi connectivity index (χ4v) is 29.3. The third-order valence-electron chi connectivity index (χ3n) is 34.1. The second-order valence-corrected chi connectivity index (χ2v) is 40.5.